The Kier molecular flexibility index (Phi) is 5.27. The fourth-order valence-electron chi connectivity index (χ4n) is 2.90. The maximum atomic E-state index is 13.8. The number of nitriles is 1. The number of nitrogens with zero attached hydrogens (tertiary/aromatic N) is 2. The molecule has 2 bridgehead atoms. The Labute approximate surface area is 169 Å². The molecule has 1 aliphatic heterocycles. The summed E-state index contributed by atoms with van der Waals surface area (Å²) in [6.45, 7) is 0. The number of sulfonamides is 1. The van der Waals surface area contributed by atoms with Gasteiger partial charge in [-0.25, -0.2) is 13.2 Å². The van der Waals surface area contributed by atoms with Gasteiger partial charge in [-0.15, -0.1) is 4.83 Å². The molecule has 1 aliphatic carbocycles. The van der Waals surface area contributed by atoms with Gasteiger partial charge in [0.2, 0.25) is 10.0 Å². The highest BCUT2D eigenvalue weighted by molar-refractivity contribution is 7.88. The molecule has 0 spiro atoms. The van der Waals surface area contributed by atoms with Gasteiger partial charge in [-0.05, 0) is 35.4 Å². The van der Waals surface area contributed by atoms with Crippen LogP contribution in [-0.4, -0.2) is 37.8 Å². The summed E-state index contributed by atoms with van der Waals surface area (Å²) in [7, 11) is -4.03. The number of carbonyl (C=O) groups is 2. The Morgan fingerprint density at radius 1 is 1.17 bits per heavy atom. The molecule has 1 aromatic rings. The van der Waals surface area contributed by atoms with Gasteiger partial charge in [0.1, 0.15) is 0 Å². The van der Waals surface area contributed by atoms with E-state index in [1.165, 1.54) is 24.3 Å². The SMILES string of the molecule is CS(=O)(=O)NN1C(=O)NC2=CC(C(F)(F)F)=C(c3ccc(C#N)cc3)C=C(C2)C1=O. The monoisotopic (exact) mass is 438 g/mol. The van der Waals surface area contributed by atoms with Crippen molar-refractivity contribution in [1.82, 2.24) is 15.2 Å². The van der Waals surface area contributed by atoms with E-state index in [0.29, 0.717) is 12.3 Å². The van der Waals surface area contributed by atoms with Crippen LogP contribution < -0.4 is 10.1 Å². The molecule has 30 heavy (non-hydrogen) atoms. The maximum absolute atomic E-state index is 13.8. The number of benzene rings is 1. The second-order valence-electron chi connectivity index (χ2n) is 6.46. The molecule has 0 saturated carbocycles. The zero-order valence-electron chi connectivity index (χ0n) is 15.2. The van der Waals surface area contributed by atoms with Gasteiger partial charge in [-0.2, -0.15) is 23.4 Å². The molecule has 3 rings (SSSR count). The number of halogens is 3. The third kappa shape index (κ3) is 4.42. The minimum Gasteiger partial charge on any atom is -0.310 e. The normalized spacial score (nSPS) is 17.5. The fourth-order valence-corrected chi connectivity index (χ4v) is 3.40. The predicted molar refractivity (Wildman–Crippen MR) is 98.3 cm³/mol. The van der Waals surface area contributed by atoms with Gasteiger partial charge < -0.3 is 5.32 Å². The van der Waals surface area contributed by atoms with Crippen molar-refractivity contribution < 1.29 is 31.2 Å². The van der Waals surface area contributed by atoms with Crippen LogP contribution >= 0.6 is 0 Å². The Hall–Kier alpha value is -3.43. The largest absolute Gasteiger partial charge is 0.417 e. The second kappa shape index (κ2) is 7.43. The molecule has 2 aliphatic rings. The summed E-state index contributed by atoms with van der Waals surface area (Å²) in [6.07, 6.45) is -2.79. The predicted octanol–water partition coefficient (Wildman–Crippen LogP) is 2.10. The number of hydrogen-bond donors (Lipinski definition) is 2. The van der Waals surface area contributed by atoms with Crippen molar-refractivity contribution in [2.45, 2.75) is 12.6 Å². The van der Waals surface area contributed by atoms with Crippen molar-refractivity contribution in [2.75, 3.05) is 6.26 Å². The van der Waals surface area contributed by atoms with E-state index in [0.717, 1.165) is 6.08 Å². The van der Waals surface area contributed by atoms with Gasteiger partial charge in [0, 0.05) is 17.7 Å². The average Bonchev–Trinajstić information content (AvgIpc) is 2.90. The molecule has 1 fully saturated rings. The Morgan fingerprint density at radius 3 is 2.33 bits per heavy atom. The lowest BCUT2D eigenvalue weighted by molar-refractivity contribution is -0.125. The van der Waals surface area contributed by atoms with Crippen LogP contribution in [0.3, 0.4) is 0 Å². The van der Waals surface area contributed by atoms with Crippen LogP contribution in [0.15, 0.2) is 53.3 Å². The van der Waals surface area contributed by atoms with Crippen LogP contribution in [0.25, 0.3) is 5.57 Å². The minimum atomic E-state index is -4.82. The van der Waals surface area contributed by atoms with Crippen molar-refractivity contribution in [3.05, 3.63) is 64.4 Å². The first-order chi connectivity index (χ1) is 13.9. The first-order valence-corrected chi connectivity index (χ1v) is 10.1. The molecule has 0 radical (unpaired) electrons. The maximum Gasteiger partial charge on any atom is 0.417 e. The summed E-state index contributed by atoms with van der Waals surface area (Å²) in [6, 6.07) is 5.87. The van der Waals surface area contributed by atoms with Crippen LogP contribution in [0.1, 0.15) is 17.5 Å². The molecule has 156 valence electrons. The highest BCUT2D eigenvalue weighted by atomic mass is 32.2. The highest BCUT2D eigenvalue weighted by Crippen LogP contribution is 2.38. The van der Waals surface area contributed by atoms with Crippen molar-refractivity contribution in [3.8, 4) is 6.07 Å². The standard InChI is InChI=1S/C18H13F3N4O4S/c1-30(28,29)24-25-16(26)12-6-13(23-17(25)27)8-15(18(19,20)21)14(7-12)11-4-2-10(9-22)3-5-11/h2-5,7-8,24H,6H2,1H3,(H,23,27). The molecular weight excluding hydrogens is 425 g/mol. The molecule has 0 aromatic heterocycles. The van der Waals surface area contributed by atoms with Crippen molar-refractivity contribution >= 4 is 27.5 Å². The number of nitrogens with one attached hydrogen (secondary N) is 2. The average molecular weight is 438 g/mol. The summed E-state index contributed by atoms with van der Waals surface area (Å²) in [5.74, 6) is -1.11. The first kappa shape index (κ1) is 21.3. The third-order valence-electron chi connectivity index (χ3n) is 4.14. The number of urea groups is 1. The number of alkyl halides is 3. The van der Waals surface area contributed by atoms with Gasteiger partial charge in [0.15, 0.2) is 0 Å². The molecule has 1 heterocycles. The summed E-state index contributed by atoms with van der Waals surface area (Å²) >= 11 is 0. The molecule has 2 N–H and O–H groups in total. The topological polar surface area (TPSA) is 119 Å². The lowest BCUT2D eigenvalue weighted by atomic mass is 9.97. The molecule has 3 amide bonds. The summed E-state index contributed by atoms with van der Waals surface area (Å²) in [5.41, 5.74) is -1.62. The van der Waals surface area contributed by atoms with Gasteiger partial charge in [0.25, 0.3) is 5.91 Å². The van der Waals surface area contributed by atoms with Crippen LogP contribution in [-0.2, 0) is 14.8 Å². The third-order valence-corrected chi connectivity index (χ3v) is 4.66. The van der Waals surface area contributed by atoms with Crippen LogP contribution in [0.4, 0.5) is 18.0 Å². The Balaban J connectivity index is 2.22. The van der Waals surface area contributed by atoms with E-state index >= 15 is 0 Å². The van der Waals surface area contributed by atoms with E-state index < -0.39 is 33.7 Å². The Morgan fingerprint density at radius 2 is 1.80 bits per heavy atom. The van der Waals surface area contributed by atoms with Crippen LogP contribution in [0.2, 0.25) is 0 Å². The van der Waals surface area contributed by atoms with E-state index in [4.69, 9.17) is 5.26 Å². The van der Waals surface area contributed by atoms with Crippen LogP contribution in [0, 0.1) is 11.3 Å². The molecular formula is C18H13F3N4O4S. The molecule has 1 saturated heterocycles. The fraction of sp³-hybridized carbons (Fsp3) is 0.167. The zero-order valence-corrected chi connectivity index (χ0v) is 16.1. The number of amides is 3. The number of hydrazine groups is 1. The number of hydrogen-bond acceptors (Lipinski definition) is 5. The smallest absolute Gasteiger partial charge is 0.310 e. The summed E-state index contributed by atoms with van der Waals surface area (Å²) in [5, 5.41) is 11.2. The number of rotatable bonds is 3. The van der Waals surface area contributed by atoms with Crippen LogP contribution in [0.5, 0.6) is 0 Å². The number of imide groups is 1. The molecule has 0 unspecified atom stereocenters. The molecule has 12 heteroatoms. The quantitative estimate of drug-likeness (QED) is 0.749. The highest BCUT2D eigenvalue weighted by Gasteiger charge is 2.39. The van der Waals surface area contributed by atoms with E-state index in [2.05, 4.69) is 5.32 Å². The lowest BCUT2D eigenvalue weighted by Crippen LogP contribution is -2.52. The van der Waals surface area contributed by atoms with Crippen molar-refractivity contribution in [3.63, 3.8) is 0 Å². The van der Waals surface area contributed by atoms with Gasteiger partial charge in [-0.1, -0.05) is 12.1 Å². The van der Waals surface area contributed by atoms with Crippen molar-refractivity contribution in [2.24, 2.45) is 0 Å². The van der Waals surface area contributed by atoms with E-state index in [9.17, 15) is 31.2 Å². The number of carbonyl (C=O) groups excluding carboxylic acids is 2. The number of allylic oxidation sites excluding steroid dienone is 5. The van der Waals surface area contributed by atoms with Crippen molar-refractivity contribution in [1.29, 1.82) is 5.26 Å². The first-order valence-electron chi connectivity index (χ1n) is 8.25. The number of fused-ring (bicyclic) bond motifs is 2. The Bertz CT molecular complexity index is 1170. The molecule has 8 nitrogen and oxygen atoms in total. The van der Waals surface area contributed by atoms with E-state index in [1.807, 2.05) is 6.07 Å². The van der Waals surface area contributed by atoms with E-state index in [-0.39, 0.29) is 39.4 Å². The minimum absolute atomic E-state index is 0.0821. The summed E-state index contributed by atoms with van der Waals surface area (Å²) < 4.78 is 64.3. The van der Waals surface area contributed by atoms with Gasteiger partial charge >= 0.3 is 12.2 Å². The summed E-state index contributed by atoms with van der Waals surface area (Å²) in [4.78, 5) is 26.7. The molecule has 1 aromatic carbocycles. The lowest BCUT2D eigenvalue weighted by Gasteiger charge is -2.20. The van der Waals surface area contributed by atoms with Gasteiger partial charge in [-0.3, -0.25) is 4.79 Å². The van der Waals surface area contributed by atoms with E-state index in [1.54, 1.807) is 4.83 Å². The molecule has 0 atom stereocenters. The second-order valence-corrected chi connectivity index (χ2v) is 8.19. The zero-order chi connectivity index (χ0) is 22.3. The van der Waals surface area contributed by atoms with Gasteiger partial charge in [0.05, 0.1) is 23.5 Å².